The number of aromatic nitrogens is 4. The molecular formula is C23H28N8O5S3. The number of amides is 1. The molecule has 39 heavy (non-hydrogen) atoms. The molecule has 5 rings (SSSR count). The number of aryl methyl sites for hydroxylation is 3. The van der Waals surface area contributed by atoms with Crippen molar-refractivity contribution >= 4 is 60.0 Å². The van der Waals surface area contributed by atoms with Crippen molar-refractivity contribution in [1.82, 2.24) is 29.3 Å². The third-order valence-corrected chi connectivity index (χ3v) is 11.0. The maximum absolute atomic E-state index is 13.2. The van der Waals surface area contributed by atoms with Gasteiger partial charge in [0.25, 0.3) is 10.0 Å². The molecule has 4 aromatic rings. The number of thiazole rings is 1. The van der Waals surface area contributed by atoms with E-state index in [0.717, 1.165) is 50.0 Å². The number of anilines is 2. The first-order valence-corrected chi connectivity index (χ1v) is 15.3. The molecule has 1 aliphatic rings. The highest BCUT2D eigenvalue weighted by Crippen LogP contribution is 2.38. The van der Waals surface area contributed by atoms with Crippen molar-refractivity contribution in [3.8, 4) is 11.1 Å². The molecule has 1 saturated heterocycles. The number of sulfonamides is 1. The van der Waals surface area contributed by atoms with Crippen molar-refractivity contribution in [2.75, 3.05) is 43.4 Å². The molecule has 1 amide bonds. The van der Waals surface area contributed by atoms with E-state index < -0.39 is 16.1 Å². The van der Waals surface area contributed by atoms with Gasteiger partial charge in [-0.1, -0.05) is 16.5 Å². The number of fused-ring (bicyclic) bond motifs is 1. The number of carbonyl (C=O) groups is 1. The fourth-order valence-electron chi connectivity index (χ4n) is 4.70. The molecule has 1 atom stereocenters. The van der Waals surface area contributed by atoms with Crippen molar-refractivity contribution in [2.45, 2.75) is 37.9 Å². The summed E-state index contributed by atoms with van der Waals surface area (Å²) >= 11 is 2.39. The Morgan fingerprint density at radius 3 is 2.59 bits per heavy atom. The SMILES string of the molecule is Cc1nc(NC(=O)O)sc1S(=O)(=O)N1CCN(C[C@H](C)Nc2ncnc3c(-c4c(C)noc4C)csc23)CC1. The van der Waals surface area contributed by atoms with Crippen LogP contribution < -0.4 is 10.6 Å². The first-order valence-electron chi connectivity index (χ1n) is 12.2. The fourth-order valence-corrected chi connectivity index (χ4v) is 8.63. The third kappa shape index (κ3) is 5.47. The molecule has 4 aromatic heterocycles. The minimum atomic E-state index is -3.77. The van der Waals surface area contributed by atoms with Crippen LogP contribution in [0.1, 0.15) is 24.1 Å². The van der Waals surface area contributed by atoms with Gasteiger partial charge in [0, 0.05) is 49.7 Å². The maximum atomic E-state index is 13.2. The maximum Gasteiger partial charge on any atom is 0.410 e. The molecule has 1 aliphatic heterocycles. The number of nitrogens with one attached hydrogen (secondary N) is 2. The van der Waals surface area contributed by atoms with Gasteiger partial charge in [0.1, 0.15) is 17.9 Å². The summed E-state index contributed by atoms with van der Waals surface area (Å²) in [4.78, 5) is 26.1. The van der Waals surface area contributed by atoms with Gasteiger partial charge in [-0.15, -0.1) is 11.3 Å². The number of hydrogen-bond donors (Lipinski definition) is 3. The van der Waals surface area contributed by atoms with Gasteiger partial charge >= 0.3 is 6.09 Å². The van der Waals surface area contributed by atoms with Crippen molar-refractivity contribution in [3.63, 3.8) is 0 Å². The first kappa shape index (κ1) is 27.4. The number of piperazine rings is 1. The van der Waals surface area contributed by atoms with Gasteiger partial charge in [-0.25, -0.2) is 28.2 Å². The fraction of sp³-hybridized carbons (Fsp3) is 0.435. The van der Waals surface area contributed by atoms with Crippen LogP contribution in [0.25, 0.3) is 21.3 Å². The number of carboxylic acid groups (broad SMARTS) is 1. The Morgan fingerprint density at radius 1 is 1.18 bits per heavy atom. The third-order valence-electron chi connectivity index (χ3n) is 6.44. The van der Waals surface area contributed by atoms with Gasteiger partial charge in [-0.3, -0.25) is 10.2 Å². The largest absolute Gasteiger partial charge is 0.465 e. The summed E-state index contributed by atoms with van der Waals surface area (Å²) in [7, 11) is -3.77. The topological polar surface area (TPSA) is 167 Å². The summed E-state index contributed by atoms with van der Waals surface area (Å²) in [5.41, 5.74) is 3.88. The quantitative estimate of drug-likeness (QED) is 0.273. The van der Waals surface area contributed by atoms with Gasteiger partial charge < -0.3 is 14.9 Å². The van der Waals surface area contributed by atoms with Crippen LogP contribution >= 0.6 is 22.7 Å². The van der Waals surface area contributed by atoms with E-state index in [0.29, 0.717) is 32.7 Å². The van der Waals surface area contributed by atoms with E-state index in [-0.39, 0.29) is 21.1 Å². The summed E-state index contributed by atoms with van der Waals surface area (Å²) in [5, 5.41) is 20.7. The van der Waals surface area contributed by atoms with Crippen LogP contribution in [0.5, 0.6) is 0 Å². The normalized spacial score (nSPS) is 16.0. The van der Waals surface area contributed by atoms with Crippen molar-refractivity contribution in [3.05, 3.63) is 28.9 Å². The summed E-state index contributed by atoms with van der Waals surface area (Å²) in [6, 6.07) is 0.0456. The van der Waals surface area contributed by atoms with E-state index in [1.807, 2.05) is 19.2 Å². The highest BCUT2D eigenvalue weighted by atomic mass is 32.2. The Morgan fingerprint density at radius 2 is 1.92 bits per heavy atom. The summed E-state index contributed by atoms with van der Waals surface area (Å²) in [6.45, 7) is 9.93. The molecule has 16 heteroatoms. The predicted octanol–water partition coefficient (Wildman–Crippen LogP) is 3.62. The summed E-state index contributed by atoms with van der Waals surface area (Å²) < 4.78 is 34.2. The second kappa shape index (κ2) is 10.8. The zero-order valence-corrected chi connectivity index (χ0v) is 24.2. The molecule has 0 radical (unpaired) electrons. The molecule has 1 fully saturated rings. The van der Waals surface area contributed by atoms with E-state index in [1.165, 1.54) is 4.31 Å². The number of hydrogen-bond acceptors (Lipinski definition) is 12. The van der Waals surface area contributed by atoms with E-state index in [1.54, 1.807) is 24.6 Å². The Balaban J connectivity index is 1.22. The number of thiophene rings is 1. The minimum absolute atomic E-state index is 0.0421. The number of rotatable bonds is 8. The van der Waals surface area contributed by atoms with E-state index in [4.69, 9.17) is 9.63 Å². The van der Waals surface area contributed by atoms with Crippen LogP contribution in [-0.4, -0.2) is 87.7 Å². The van der Waals surface area contributed by atoms with Gasteiger partial charge in [0.15, 0.2) is 9.34 Å². The standard InChI is InChI=1S/C23H28N8O5S3/c1-12(26-20-19-18(24-11-25-20)16(10-37-19)17-13(2)29-36-15(17)4)9-30-5-7-31(8-6-30)39(34,35)21-14(3)27-22(38-21)28-23(32)33/h10-12H,5-9H2,1-4H3,(H,27,28)(H,32,33)(H,24,25,26)/t12-/m0/s1. The lowest BCUT2D eigenvalue weighted by Crippen LogP contribution is -2.50. The van der Waals surface area contributed by atoms with E-state index >= 15 is 0 Å². The average Bonchev–Trinajstić information content (AvgIpc) is 3.56. The molecule has 0 unspecified atom stereocenters. The lowest BCUT2D eigenvalue weighted by atomic mass is 10.1. The van der Waals surface area contributed by atoms with Crippen molar-refractivity contribution in [1.29, 1.82) is 0 Å². The Bertz CT molecular complexity index is 1600. The highest BCUT2D eigenvalue weighted by molar-refractivity contribution is 7.91. The first-order chi connectivity index (χ1) is 18.5. The molecule has 0 aliphatic carbocycles. The predicted molar refractivity (Wildman–Crippen MR) is 149 cm³/mol. The Kier molecular flexibility index (Phi) is 7.56. The van der Waals surface area contributed by atoms with Gasteiger partial charge in [0.2, 0.25) is 0 Å². The Labute approximate surface area is 232 Å². The van der Waals surface area contributed by atoms with E-state index in [9.17, 15) is 13.2 Å². The molecule has 208 valence electrons. The van der Waals surface area contributed by atoms with Crippen LogP contribution in [0.15, 0.2) is 20.4 Å². The zero-order chi connectivity index (χ0) is 27.9. The molecule has 0 saturated carbocycles. The average molecular weight is 593 g/mol. The zero-order valence-electron chi connectivity index (χ0n) is 21.8. The van der Waals surface area contributed by atoms with Gasteiger partial charge in [-0.2, -0.15) is 4.31 Å². The second-order valence-corrected chi connectivity index (χ2v) is 13.3. The van der Waals surface area contributed by atoms with Crippen LogP contribution in [-0.2, 0) is 10.0 Å². The van der Waals surface area contributed by atoms with Crippen molar-refractivity contribution < 1.29 is 22.8 Å². The minimum Gasteiger partial charge on any atom is -0.465 e. The van der Waals surface area contributed by atoms with Crippen LogP contribution in [0, 0.1) is 20.8 Å². The summed E-state index contributed by atoms with van der Waals surface area (Å²) in [5.74, 6) is 1.50. The van der Waals surface area contributed by atoms with Crippen molar-refractivity contribution in [2.24, 2.45) is 0 Å². The smallest absolute Gasteiger partial charge is 0.410 e. The molecule has 13 nitrogen and oxygen atoms in total. The number of nitrogens with zero attached hydrogens (tertiary/aromatic N) is 6. The molecule has 3 N–H and O–H groups in total. The van der Waals surface area contributed by atoms with Crippen LogP contribution in [0.2, 0.25) is 0 Å². The lowest BCUT2D eigenvalue weighted by Gasteiger charge is -2.35. The van der Waals surface area contributed by atoms with Gasteiger partial charge in [-0.05, 0) is 27.7 Å². The monoisotopic (exact) mass is 592 g/mol. The van der Waals surface area contributed by atoms with Gasteiger partial charge in [0.05, 0.1) is 27.2 Å². The molecular weight excluding hydrogens is 565 g/mol. The molecule has 0 spiro atoms. The molecule has 0 bridgehead atoms. The molecule has 0 aromatic carbocycles. The molecule has 5 heterocycles. The van der Waals surface area contributed by atoms with Crippen LogP contribution in [0.4, 0.5) is 15.7 Å². The highest BCUT2D eigenvalue weighted by Gasteiger charge is 2.32. The van der Waals surface area contributed by atoms with Crippen LogP contribution in [0.3, 0.4) is 0 Å². The lowest BCUT2D eigenvalue weighted by molar-refractivity contribution is 0.184. The van der Waals surface area contributed by atoms with E-state index in [2.05, 4.69) is 42.6 Å². The summed E-state index contributed by atoms with van der Waals surface area (Å²) in [6.07, 6.45) is 0.264. The second-order valence-electron chi connectivity index (χ2n) is 9.32. The Hall–Kier alpha value is -3.18.